The van der Waals surface area contributed by atoms with E-state index in [0.717, 1.165) is 16.0 Å². The molecule has 1 aliphatic heterocycles. The molecule has 1 aliphatic rings. The number of nitrogens with one attached hydrogen (secondary N) is 1. The highest BCUT2D eigenvalue weighted by molar-refractivity contribution is 7.15. The normalized spacial score (nSPS) is 13.2. The summed E-state index contributed by atoms with van der Waals surface area (Å²) in [5.41, 5.74) is 2.97. The molecule has 7 nitrogen and oxygen atoms in total. The van der Waals surface area contributed by atoms with Crippen LogP contribution >= 0.6 is 11.3 Å². The Bertz CT molecular complexity index is 1480. The fourth-order valence-corrected chi connectivity index (χ4v) is 5.47. The molecule has 0 spiro atoms. The maximum Gasteiger partial charge on any atom is 0.341 e. The zero-order valence-electron chi connectivity index (χ0n) is 20.5. The number of imide groups is 1. The first kappa shape index (κ1) is 25.1. The molecule has 2 heterocycles. The highest BCUT2D eigenvalue weighted by Crippen LogP contribution is 2.37. The second kappa shape index (κ2) is 10.8. The summed E-state index contributed by atoms with van der Waals surface area (Å²) in [6, 6.07) is 23.9. The molecule has 3 aromatic carbocycles. The molecule has 190 valence electrons. The van der Waals surface area contributed by atoms with E-state index < -0.39 is 29.7 Å². The lowest BCUT2D eigenvalue weighted by Crippen LogP contribution is -2.48. The van der Waals surface area contributed by atoms with Crippen molar-refractivity contribution in [3.63, 3.8) is 0 Å². The Labute approximate surface area is 223 Å². The molecule has 38 heavy (non-hydrogen) atoms. The van der Waals surface area contributed by atoms with E-state index in [1.165, 1.54) is 11.3 Å². The molecule has 0 saturated heterocycles. The fourth-order valence-electron chi connectivity index (χ4n) is 4.51. The Morgan fingerprint density at radius 3 is 2.03 bits per heavy atom. The van der Waals surface area contributed by atoms with Crippen LogP contribution in [0.1, 0.15) is 43.6 Å². The summed E-state index contributed by atoms with van der Waals surface area (Å²) in [6.07, 6.45) is 0.115. The van der Waals surface area contributed by atoms with Crippen molar-refractivity contribution in [2.45, 2.75) is 19.4 Å². The van der Waals surface area contributed by atoms with Crippen LogP contribution in [0.5, 0.6) is 0 Å². The van der Waals surface area contributed by atoms with Crippen LogP contribution in [0.25, 0.3) is 11.1 Å². The van der Waals surface area contributed by atoms with Crippen molar-refractivity contribution in [1.82, 2.24) is 4.90 Å². The number of benzene rings is 3. The highest BCUT2D eigenvalue weighted by atomic mass is 32.1. The predicted molar refractivity (Wildman–Crippen MR) is 145 cm³/mol. The number of hydrogen-bond donors (Lipinski definition) is 1. The zero-order valence-corrected chi connectivity index (χ0v) is 21.4. The van der Waals surface area contributed by atoms with Crippen LogP contribution in [0.3, 0.4) is 0 Å². The molecular formula is C30H24N2O5S. The molecule has 1 atom stereocenters. The van der Waals surface area contributed by atoms with Crippen molar-refractivity contribution in [2.75, 3.05) is 11.9 Å². The number of ether oxygens (including phenoxy) is 1. The van der Waals surface area contributed by atoms with Gasteiger partial charge in [-0.1, -0.05) is 72.8 Å². The number of amides is 3. The minimum absolute atomic E-state index is 0.115. The van der Waals surface area contributed by atoms with Gasteiger partial charge in [0.2, 0.25) is 5.91 Å². The molecule has 5 rings (SSSR count). The number of esters is 1. The van der Waals surface area contributed by atoms with Gasteiger partial charge in [0.1, 0.15) is 16.6 Å². The van der Waals surface area contributed by atoms with Gasteiger partial charge in [0.15, 0.2) is 0 Å². The van der Waals surface area contributed by atoms with E-state index in [1.807, 2.05) is 60.7 Å². The first-order chi connectivity index (χ1) is 18.5. The SMILES string of the molecule is CCOC(=O)c1c(-c2ccccc2)csc1NC(=O)C(Cc1ccccc1)N1C(=O)c2ccccc2C1=O. The number of anilines is 1. The average molecular weight is 525 g/mol. The highest BCUT2D eigenvalue weighted by Gasteiger charge is 2.43. The number of carbonyl (C=O) groups is 4. The van der Waals surface area contributed by atoms with Crippen LogP contribution in [-0.4, -0.2) is 41.2 Å². The largest absolute Gasteiger partial charge is 0.462 e. The summed E-state index contributed by atoms with van der Waals surface area (Å²) in [5.74, 6) is -2.19. The third-order valence-corrected chi connectivity index (χ3v) is 7.20. The van der Waals surface area contributed by atoms with Gasteiger partial charge < -0.3 is 10.1 Å². The second-order valence-corrected chi connectivity index (χ2v) is 9.54. The molecule has 0 saturated carbocycles. The molecule has 0 bridgehead atoms. The molecule has 0 radical (unpaired) electrons. The van der Waals surface area contributed by atoms with Crippen LogP contribution in [0, 0.1) is 0 Å². The first-order valence-corrected chi connectivity index (χ1v) is 13.0. The number of hydrogen-bond acceptors (Lipinski definition) is 6. The van der Waals surface area contributed by atoms with Crippen molar-refractivity contribution < 1.29 is 23.9 Å². The van der Waals surface area contributed by atoms with Gasteiger partial charge in [0.05, 0.1) is 17.7 Å². The van der Waals surface area contributed by atoms with Crippen LogP contribution in [-0.2, 0) is 16.0 Å². The zero-order chi connectivity index (χ0) is 26.6. The lowest BCUT2D eigenvalue weighted by molar-refractivity contribution is -0.119. The number of carbonyl (C=O) groups excluding carboxylic acids is 4. The summed E-state index contributed by atoms with van der Waals surface area (Å²) >= 11 is 1.19. The van der Waals surface area contributed by atoms with Gasteiger partial charge in [-0.3, -0.25) is 19.3 Å². The molecule has 0 fully saturated rings. The van der Waals surface area contributed by atoms with Gasteiger partial charge in [-0.2, -0.15) is 0 Å². The lowest BCUT2D eigenvalue weighted by atomic mass is 10.0. The van der Waals surface area contributed by atoms with Gasteiger partial charge in [-0.15, -0.1) is 11.3 Å². The average Bonchev–Trinajstić information content (AvgIpc) is 3.47. The van der Waals surface area contributed by atoms with Crippen molar-refractivity contribution in [1.29, 1.82) is 0 Å². The van der Waals surface area contributed by atoms with Gasteiger partial charge in [-0.25, -0.2) is 4.79 Å². The van der Waals surface area contributed by atoms with E-state index in [0.29, 0.717) is 10.6 Å². The maximum absolute atomic E-state index is 13.8. The van der Waals surface area contributed by atoms with Crippen LogP contribution < -0.4 is 5.32 Å². The quantitative estimate of drug-likeness (QED) is 0.245. The van der Waals surface area contributed by atoms with E-state index in [-0.39, 0.29) is 29.7 Å². The van der Waals surface area contributed by atoms with E-state index >= 15 is 0 Å². The summed E-state index contributed by atoms with van der Waals surface area (Å²) in [4.78, 5) is 54.4. The molecule has 4 aromatic rings. The Hall–Kier alpha value is -4.56. The van der Waals surface area contributed by atoms with E-state index in [9.17, 15) is 19.2 Å². The van der Waals surface area contributed by atoms with E-state index in [2.05, 4.69) is 5.32 Å². The van der Waals surface area contributed by atoms with Crippen LogP contribution in [0.2, 0.25) is 0 Å². The molecule has 0 aliphatic carbocycles. The van der Waals surface area contributed by atoms with Gasteiger partial charge >= 0.3 is 5.97 Å². The molecule has 8 heteroatoms. The minimum Gasteiger partial charge on any atom is -0.462 e. The molecular weight excluding hydrogens is 500 g/mol. The maximum atomic E-state index is 13.8. The van der Waals surface area contributed by atoms with Gasteiger partial charge in [-0.05, 0) is 30.2 Å². The molecule has 1 unspecified atom stereocenters. The van der Waals surface area contributed by atoms with Crippen molar-refractivity contribution >= 4 is 40.0 Å². The number of thiophene rings is 1. The summed E-state index contributed by atoms with van der Waals surface area (Å²) in [6.45, 7) is 1.88. The molecule has 1 N–H and O–H groups in total. The van der Waals surface area contributed by atoms with Crippen molar-refractivity contribution in [3.05, 3.63) is 113 Å². The van der Waals surface area contributed by atoms with Crippen molar-refractivity contribution in [3.8, 4) is 11.1 Å². The Morgan fingerprint density at radius 1 is 0.842 bits per heavy atom. The van der Waals surface area contributed by atoms with E-state index in [4.69, 9.17) is 4.74 Å². The lowest BCUT2D eigenvalue weighted by Gasteiger charge is -2.25. The van der Waals surface area contributed by atoms with Crippen molar-refractivity contribution in [2.24, 2.45) is 0 Å². The number of nitrogens with zero attached hydrogens (tertiary/aromatic N) is 1. The van der Waals surface area contributed by atoms with Gasteiger partial charge in [0.25, 0.3) is 11.8 Å². The number of fused-ring (bicyclic) bond motifs is 1. The Balaban J connectivity index is 1.52. The molecule has 1 aromatic heterocycles. The van der Waals surface area contributed by atoms with E-state index in [1.54, 1.807) is 36.6 Å². The summed E-state index contributed by atoms with van der Waals surface area (Å²) < 4.78 is 5.30. The first-order valence-electron chi connectivity index (χ1n) is 12.1. The van der Waals surface area contributed by atoms with Crippen LogP contribution in [0.4, 0.5) is 5.00 Å². The monoisotopic (exact) mass is 524 g/mol. The molecule has 3 amide bonds. The summed E-state index contributed by atoms with van der Waals surface area (Å²) in [7, 11) is 0. The second-order valence-electron chi connectivity index (χ2n) is 8.66. The smallest absolute Gasteiger partial charge is 0.341 e. The minimum atomic E-state index is -1.14. The standard InChI is InChI=1S/C30H24N2O5S/c1-2-37-30(36)25-23(20-13-7-4-8-14-20)18-38-27(25)31-26(33)24(17-19-11-5-3-6-12-19)32-28(34)21-15-9-10-16-22(21)29(32)35/h3-16,18,24H,2,17H2,1H3,(H,31,33). The van der Waals surface area contributed by atoms with Crippen LogP contribution in [0.15, 0.2) is 90.3 Å². The topological polar surface area (TPSA) is 92.8 Å². The Morgan fingerprint density at radius 2 is 1.42 bits per heavy atom. The Kier molecular flexibility index (Phi) is 7.15. The summed E-state index contributed by atoms with van der Waals surface area (Å²) in [5, 5.41) is 4.91. The fraction of sp³-hybridized carbons (Fsp3) is 0.133. The number of rotatable bonds is 8. The van der Waals surface area contributed by atoms with Gasteiger partial charge in [0, 0.05) is 17.4 Å². The third-order valence-electron chi connectivity index (χ3n) is 6.30. The third kappa shape index (κ3) is 4.73. The predicted octanol–water partition coefficient (Wildman–Crippen LogP) is 5.44.